The summed E-state index contributed by atoms with van der Waals surface area (Å²) in [5.41, 5.74) is 9.51. The summed E-state index contributed by atoms with van der Waals surface area (Å²) >= 11 is 5.49. The lowest BCUT2D eigenvalue weighted by Crippen LogP contribution is -2.49. The molecule has 3 rings (SSSR count). The van der Waals surface area contributed by atoms with Crippen LogP contribution >= 0.6 is 12.2 Å². The number of nitrogens with zero attached hydrogens (tertiary/aromatic N) is 1. The smallest absolute Gasteiger partial charge is 0.246 e. The molecule has 0 saturated carbocycles. The van der Waals surface area contributed by atoms with Crippen LogP contribution in [-0.4, -0.2) is 21.8 Å². The molecule has 0 bridgehead atoms. The number of hydrogen-bond donors (Lipinski definition) is 2. The predicted octanol–water partition coefficient (Wildman–Crippen LogP) is 1.55. The van der Waals surface area contributed by atoms with Crippen LogP contribution in [0.4, 0.5) is 5.69 Å². The van der Waals surface area contributed by atoms with E-state index in [9.17, 15) is 4.79 Å². The number of rotatable bonds is 1. The van der Waals surface area contributed by atoms with Gasteiger partial charge in [0.05, 0.1) is 0 Å². The molecule has 1 aromatic carbocycles. The van der Waals surface area contributed by atoms with Crippen LogP contribution in [0.2, 0.25) is 0 Å². The number of nitrogen functional groups attached to an aromatic ring is 1. The van der Waals surface area contributed by atoms with Gasteiger partial charge in [-0.25, -0.2) is 0 Å². The Hall–Kier alpha value is -1.88. The lowest BCUT2D eigenvalue weighted by atomic mass is 10.0. The highest BCUT2D eigenvalue weighted by Gasteiger charge is 2.36. The minimum Gasteiger partial charge on any atom is -0.398 e. The van der Waals surface area contributed by atoms with E-state index in [4.69, 9.17) is 18.0 Å². The highest BCUT2D eigenvalue weighted by Crippen LogP contribution is 2.31. The number of thiocarbonyl (C=S) groups is 1. The molecule has 1 atom stereocenters. The number of piperidine rings is 1. The number of hydrogen-bond acceptors (Lipinski definition) is 3. The Morgan fingerprint density at radius 2 is 2.26 bits per heavy atom. The second-order valence-electron chi connectivity index (χ2n) is 4.95. The van der Waals surface area contributed by atoms with E-state index in [-0.39, 0.29) is 11.9 Å². The van der Waals surface area contributed by atoms with E-state index in [0.29, 0.717) is 6.54 Å². The molecule has 0 aromatic heterocycles. The fourth-order valence-corrected chi connectivity index (χ4v) is 3.07. The predicted molar refractivity (Wildman–Crippen MR) is 78.4 cm³/mol. The number of anilines is 1. The van der Waals surface area contributed by atoms with Crippen LogP contribution < -0.4 is 11.1 Å². The summed E-state index contributed by atoms with van der Waals surface area (Å²) in [6, 6.07) is 5.51. The van der Waals surface area contributed by atoms with Gasteiger partial charge in [-0.2, -0.15) is 0 Å². The molecular weight excluding hydrogens is 258 g/mol. The third kappa shape index (κ3) is 1.90. The van der Waals surface area contributed by atoms with Gasteiger partial charge in [0.25, 0.3) is 0 Å². The van der Waals surface area contributed by atoms with Crippen molar-refractivity contribution in [3.05, 3.63) is 41.6 Å². The van der Waals surface area contributed by atoms with Crippen molar-refractivity contribution in [1.82, 2.24) is 10.2 Å². The summed E-state index contributed by atoms with van der Waals surface area (Å²) in [6.07, 6.45) is 1.54. The number of fused-ring (bicyclic) bond motifs is 1. The monoisotopic (exact) mass is 273 g/mol. The van der Waals surface area contributed by atoms with Gasteiger partial charge in [-0.05, 0) is 18.9 Å². The average molecular weight is 273 g/mol. The summed E-state index contributed by atoms with van der Waals surface area (Å²) in [5, 5.41) is 2.80. The Morgan fingerprint density at radius 3 is 2.95 bits per heavy atom. The lowest BCUT2D eigenvalue weighted by molar-refractivity contribution is -0.125. The zero-order chi connectivity index (χ0) is 13.6. The van der Waals surface area contributed by atoms with Crippen molar-refractivity contribution in [1.29, 1.82) is 0 Å². The largest absolute Gasteiger partial charge is 0.398 e. The normalized spacial score (nSPS) is 22.4. The molecule has 0 spiro atoms. The molecular formula is C14H15N3OS. The average Bonchev–Trinajstić information content (AvgIpc) is 2.69. The molecule has 1 amide bonds. The standard InChI is InChI=1S/C14H15N3OS/c1-8-5-6-12(13(18)16-8)17-7-10-9(14(17)19)3-2-4-11(10)15/h2-4,12H,1,5-7,15H2,(H,16,18). The van der Waals surface area contributed by atoms with E-state index in [0.717, 1.165) is 40.3 Å². The van der Waals surface area contributed by atoms with Crippen LogP contribution in [0, 0.1) is 0 Å². The lowest BCUT2D eigenvalue weighted by Gasteiger charge is -2.32. The van der Waals surface area contributed by atoms with Gasteiger partial charge in [0.2, 0.25) is 5.91 Å². The molecule has 19 heavy (non-hydrogen) atoms. The van der Waals surface area contributed by atoms with Crippen molar-refractivity contribution in [2.75, 3.05) is 5.73 Å². The van der Waals surface area contributed by atoms with E-state index < -0.39 is 0 Å². The molecule has 98 valence electrons. The van der Waals surface area contributed by atoms with Crippen molar-refractivity contribution >= 4 is 28.8 Å². The van der Waals surface area contributed by atoms with Crippen LogP contribution in [0.25, 0.3) is 0 Å². The van der Waals surface area contributed by atoms with E-state index in [2.05, 4.69) is 11.9 Å². The summed E-state index contributed by atoms with van der Waals surface area (Å²) in [7, 11) is 0. The van der Waals surface area contributed by atoms with Gasteiger partial charge in [0.15, 0.2) is 0 Å². The topological polar surface area (TPSA) is 58.4 Å². The third-order valence-electron chi connectivity index (χ3n) is 3.73. The first-order valence-corrected chi connectivity index (χ1v) is 6.65. The second-order valence-corrected chi connectivity index (χ2v) is 5.34. The third-order valence-corrected chi connectivity index (χ3v) is 4.18. The Labute approximate surface area is 117 Å². The Bertz CT molecular complexity index is 596. The molecule has 0 radical (unpaired) electrons. The molecule has 2 aliphatic heterocycles. The SMILES string of the molecule is C=C1CCC(N2Cc3c(N)cccc3C2=S)C(=O)N1. The van der Waals surface area contributed by atoms with Gasteiger partial charge in [-0.15, -0.1) is 0 Å². The Balaban J connectivity index is 1.90. The van der Waals surface area contributed by atoms with Gasteiger partial charge in [0, 0.05) is 29.1 Å². The molecule has 3 N–H and O–H groups in total. The molecule has 2 heterocycles. The maximum Gasteiger partial charge on any atom is 0.246 e. The first kappa shape index (κ1) is 12.2. The van der Waals surface area contributed by atoms with Crippen molar-refractivity contribution in [3.8, 4) is 0 Å². The van der Waals surface area contributed by atoms with Crippen molar-refractivity contribution in [3.63, 3.8) is 0 Å². The van der Waals surface area contributed by atoms with Crippen LogP contribution in [0.5, 0.6) is 0 Å². The fourth-order valence-electron chi connectivity index (χ4n) is 2.69. The molecule has 2 aliphatic rings. The first-order chi connectivity index (χ1) is 9.08. The fraction of sp³-hybridized carbons (Fsp3) is 0.286. The number of benzene rings is 1. The molecule has 1 fully saturated rings. The van der Waals surface area contributed by atoms with Crippen molar-refractivity contribution in [2.24, 2.45) is 0 Å². The number of nitrogens with two attached hydrogens (primary N) is 1. The molecule has 4 nitrogen and oxygen atoms in total. The molecule has 0 aliphatic carbocycles. The summed E-state index contributed by atoms with van der Waals surface area (Å²) in [6.45, 7) is 4.41. The van der Waals surface area contributed by atoms with Crippen LogP contribution in [-0.2, 0) is 11.3 Å². The summed E-state index contributed by atoms with van der Waals surface area (Å²) < 4.78 is 0. The van der Waals surface area contributed by atoms with Gasteiger partial charge in [-0.1, -0.05) is 30.9 Å². The number of carbonyl (C=O) groups excluding carboxylic acids is 1. The van der Waals surface area contributed by atoms with E-state index >= 15 is 0 Å². The number of allylic oxidation sites excluding steroid dienone is 1. The highest BCUT2D eigenvalue weighted by molar-refractivity contribution is 7.80. The zero-order valence-corrected chi connectivity index (χ0v) is 11.3. The van der Waals surface area contributed by atoms with Crippen molar-refractivity contribution in [2.45, 2.75) is 25.4 Å². The number of carbonyl (C=O) groups is 1. The van der Waals surface area contributed by atoms with Gasteiger partial charge in [-0.3, -0.25) is 4.79 Å². The maximum atomic E-state index is 12.1. The quantitative estimate of drug-likeness (QED) is 0.602. The minimum absolute atomic E-state index is 0.0232. The van der Waals surface area contributed by atoms with Gasteiger partial charge >= 0.3 is 0 Å². The van der Waals surface area contributed by atoms with Crippen LogP contribution in [0.3, 0.4) is 0 Å². The van der Waals surface area contributed by atoms with E-state index in [1.807, 2.05) is 23.1 Å². The van der Waals surface area contributed by atoms with Gasteiger partial charge in [0.1, 0.15) is 11.0 Å². The van der Waals surface area contributed by atoms with E-state index in [1.165, 1.54) is 0 Å². The van der Waals surface area contributed by atoms with E-state index in [1.54, 1.807) is 0 Å². The first-order valence-electron chi connectivity index (χ1n) is 6.25. The van der Waals surface area contributed by atoms with Crippen LogP contribution in [0.15, 0.2) is 30.5 Å². The van der Waals surface area contributed by atoms with Gasteiger partial charge < -0.3 is 16.0 Å². The number of nitrogens with one attached hydrogen (secondary N) is 1. The van der Waals surface area contributed by atoms with Crippen LogP contribution in [0.1, 0.15) is 24.0 Å². The summed E-state index contributed by atoms with van der Waals surface area (Å²) in [4.78, 5) is 14.8. The second kappa shape index (κ2) is 4.35. The molecule has 1 aromatic rings. The Kier molecular flexibility index (Phi) is 2.78. The van der Waals surface area contributed by atoms with Crippen molar-refractivity contribution < 1.29 is 4.79 Å². The number of amides is 1. The minimum atomic E-state index is -0.218. The Morgan fingerprint density at radius 1 is 1.47 bits per heavy atom. The molecule has 5 heteroatoms. The maximum absolute atomic E-state index is 12.1. The highest BCUT2D eigenvalue weighted by atomic mass is 32.1. The molecule has 1 saturated heterocycles. The summed E-state index contributed by atoms with van der Waals surface area (Å²) in [5.74, 6) is -0.0232. The molecule has 1 unspecified atom stereocenters. The zero-order valence-electron chi connectivity index (χ0n) is 10.5.